The second kappa shape index (κ2) is 8.87. The molecule has 1 aliphatic rings. The molecule has 2 aromatic rings. The van der Waals surface area contributed by atoms with Crippen LogP contribution in [0.1, 0.15) is 50.8 Å². The Morgan fingerprint density at radius 1 is 1.37 bits per heavy atom. The minimum atomic E-state index is -0.116. The van der Waals surface area contributed by atoms with Gasteiger partial charge in [-0.3, -0.25) is 4.79 Å². The summed E-state index contributed by atoms with van der Waals surface area (Å²) in [6, 6.07) is 3.75. The second-order valence-corrected chi connectivity index (χ2v) is 7.74. The lowest BCUT2D eigenvalue weighted by molar-refractivity contribution is -0.154. The molecule has 0 radical (unpaired) electrons. The summed E-state index contributed by atoms with van der Waals surface area (Å²) in [7, 11) is 0. The van der Waals surface area contributed by atoms with Crippen LogP contribution in [0.5, 0.6) is 5.75 Å². The van der Waals surface area contributed by atoms with Gasteiger partial charge in [-0.2, -0.15) is 0 Å². The molecule has 2 atom stereocenters. The van der Waals surface area contributed by atoms with Crippen molar-refractivity contribution in [1.82, 2.24) is 10.1 Å². The SMILES string of the molecule is Cc1noc(-c2ccc(O[C@H]3CCC[C@H](C(=O)OC(C)C)C3)cn2)c1CBr. The molecule has 146 valence electrons. The molecule has 1 fully saturated rings. The van der Waals surface area contributed by atoms with E-state index in [0.717, 1.165) is 36.2 Å². The van der Waals surface area contributed by atoms with Crippen molar-refractivity contribution in [1.29, 1.82) is 0 Å². The van der Waals surface area contributed by atoms with E-state index < -0.39 is 0 Å². The lowest BCUT2D eigenvalue weighted by atomic mass is 9.87. The van der Waals surface area contributed by atoms with Crippen LogP contribution < -0.4 is 4.74 Å². The Labute approximate surface area is 167 Å². The van der Waals surface area contributed by atoms with Gasteiger partial charge in [-0.15, -0.1) is 0 Å². The Hall–Kier alpha value is -1.89. The van der Waals surface area contributed by atoms with Gasteiger partial charge in [-0.1, -0.05) is 21.1 Å². The highest BCUT2D eigenvalue weighted by Gasteiger charge is 2.30. The smallest absolute Gasteiger partial charge is 0.309 e. The minimum absolute atomic E-state index is 0.00161. The van der Waals surface area contributed by atoms with Crippen LogP contribution in [-0.2, 0) is 14.9 Å². The molecule has 1 saturated carbocycles. The second-order valence-electron chi connectivity index (χ2n) is 7.18. The summed E-state index contributed by atoms with van der Waals surface area (Å²) in [5, 5.41) is 4.67. The van der Waals surface area contributed by atoms with Gasteiger partial charge in [0.2, 0.25) is 0 Å². The molecule has 0 aromatic carbocycles. The highest BCUT2D eigenvalue weighted by atomic mass is 79.9. The molecule has 0 spiro atoms. The first-order valence-corrected chi connectivity index (χ1v) is 10.4. The molecule has 27 heavy (non-hydrogen) atoms. The van der Waals surface area contributed by atoms with Crippen LogP contribution in [0.3, 0.4) is 0 Å². The molecule has 6 nitrogen and oxygen atoms in total. The van der Waals surface area contributed by atoms with E-state index in [9.17, 15) is 4.79 Å². The molecular weight excluding hydrogens is 412 g/mol. The number of hydrogen-bond donors (Lipinski definition) is 0. The van der Waals surface area contributed by atoms with E-state index in [0.29, 0.717) is 23.3 Å². The molecule has 2 aromatic heterocycles. The zero-order valence-electron chi connectivity index (χ0n) is 15.9. The van der Waals surface area contributed by atoms with Crippen molar-refractivity contribution in [2.24, 2.45) is 5.92 Å². The van der Waals surface area contributed by atoms with Gasteiger partial charge in [-0.05, 0) is 58.6 Å². The van der Waals surface area contributed by atoms with Crippen molar-refractivity contribution >= 4 is 21.9 Å². The van der Waals surface area contributed by atoms with Crippen LogP contribution in [0.25, 0.3) is 11.5 Å². The van der Waals surface area contributed by atoms with Crippen LogP contribution >= 0.6 is 15.9 Å². The summed E-state index contributed by atoms with van der Waals surface area (Å²) in [5.41, 5.74) is 2.57. The van der Waals surface area contributed by atoms with Gasteiger partial charge >= 0.3 is 5.97 Å². The van der Waals surface area contributed by atoms with E-state index in [1.807, 2.05) is 32.9 Å². The number of hydrogen-bond acceptors (Lipinski definition) is 6. The largest absolute Gasteiger partial charge is 0.489 e. The number of aryl methyl sites for hydroxylation is 1. The van der Waals surface area contributed by atoms with Crippen molar-refractivity contribution in [3.63, 3.8) is 0 Å². The number of rotatable bonds is 6. The lowest BCUT2D eigenvalue weighted by Crippen LogP contribution is -2.31. The number of esters is 1. The summed E-state index contributed by atoms with van der Waals surface area (Å²) in [4.78, 5) is 16.6. The fraction of sp³-hybridized carbons (Fsp3) is 0.550. The first-order chi connectivity index (χ1) is 13.0. The van der Waals surface area contributed by atoms with Gasteiger partial charge in [0.05, 0.1) is 30.0 Å². The summed E-state index contributed by atoms with van der Waals surface area (Å²) >= 11 is 3.46. The topological polar surface area (TPSA) is 74.5 Å². The van der Waals surface area contributed by atoms with Gasteiger partial charge in [0.15, 0.2) is 5.76 Å². The van der Waals surface area contributed by atoms with Crippen molar-refractivity contribution in [2.75, 3.05) is 0 Å². The molecule has 0 amide bonds. The molecule has 7 heteroatoms. The van der Waals surface area contributed by atoms with Gasteiger partial charge in [-0.25, -0.2) is 4.98 Å². The van der Waals surface area contributed by atoms with Crippen molar-refractivity contribution < 1.29 is 18.8 Å². The first-order valence-electron chi connectivity index (χ1n) is 9.32. The van der Waals surface area contributed by atoms with Gasteiger partial charge in [0.1, 0.15) is 11.4 Å². The van der Waals surface area contributed by atoms with Crippen LogP contribution in [0, 0.1) is 12.8 Å². The third-order valence-corrected chi connectivity index (χ3v) is 5.26. The Morgan fingerprint density at radius 3 is 2.85 bits per heavy atom. The number of aromatic nitrogens is 2. The average Bonchev–Trinajstić information content (AvgIpc) is 3.02. The third kappa shape index (κ3) is 4.89. The van der Waals surface area contributed by atoms with Crippen LogP contribution in [-0.4, -0.2) is 28.3 Å². The number of ether oxygens (including phenoxy) is 2. The highest BCUT2D eigenvalue weighted by molar-refractivity contribution is 9.08. The number of pyridine rings is 1. The Morgan fingerprint density at radius 2 is 2.19 bits per heavy atom. The standard InChI is InChI=1S/C20H25BrN2O4/c1-12(2)25-20(24)14-5-4-6-15(9-14)26-16-7-8-18(22-11-16)19-17(10-21)13(3)23-27-19/h7-8,11-12,14-15H,4-6,9-10H2,1-3H3/t14-,15-/m0/s1. The predicted molar refractivity (Wildman–Crippen MR) is 105 cm³/mol. The first kappa shape index (κ1) is 19.9. The van der Waals surface area contributed by atoms with E-state index in [2.05, 4.69) is 26.1 Å². The zero-order valence-corrected chi connectivity index (χ0v) is 17.5. The number of halogens is 1. The Balaban J connectivity index is 1.63. The molecule has 2 heterocycles. The van der Waals surface area contributed by atoms with E-state index >= 15 is 0 Å². The lowest BCUT2D eigenvalue weighted by Gasteiger charge is -2.28. The molecule has 3 rings (SSSR count). The summed E-state index contributed by atoms with van der Waals surface area (Å²) in [6.07, 6.45) is 5.05. The van der Waals surface area contributed by atoms with Crippen LogP contribution in [0.15, 0.2) is 22.9 Å². The zero-order chi connectivity index (χ0) is 19.4. The quantitative estimate of drug-likeness (QED) is 0.476. The van der Waals surface area contributed by atoms with Crippen molar-refractivity contribution in [3.8, 4) is 17.2 Å². The fourth-order valence-electron chi connectivity index (χ4n) is 3.32. The number of carbonyl (C=O) groups excluding carboxylic acids is 1. The molecule has 0 saturated heterocycles. The maximum atomic E-state index is 12.2. The van der Waals surface area contributed by atoms with E-state index in [-0.39, 0.29) is 24.1 Å². The Kier molecular flexibility index (Phi) is 6.52. The summed E-state index contributed by atoms with van der Waals surface area (Å²) in [6.45, 7) is 5.66. The number of alkyl halides is 1. The number of nitrogens with zero attached hydrogens (tertiary/aromatic N) is 2. The molecule has 0 unspecified atom stereocenters. The monoisotopic (exact) mass is 436 g/mol. The maximum Gasteiger partial charge on any atom is 0.309 e. The summed E-state index contributed by atoms with van der Waals surface area (Å²) < 4.78 is 16.8. The predicted octanol–water partition coefficient (Wildman–Crippen LogP) is 4.83. The Bertz CT molecular complexity index is 773. The third-order valence-electron chi connectivity index (χ3n) is 4.70. The van der Waals surface area contributed by atoms with Gasteiger partial charge in [0.25, 0.3) is 0 Å². The average molecular weight is 437 g/mol. The minimum Gasteiger partial charge on any atom is -0.489 e. The molecule has 0 N–H and O–H groups in total. The van der Waals surface area contributed by atoms with Gasteiger partial charge < -0.3 is 14.0 Å². The van der Waals surface area contributed by atoms with Gasteiger partial charge in [0, 0.05) is 10.9 Å². The summed E-state index contributed by atoms with van der Waals surface area (Å²) in [5.74, 6) is 1.16. The number of carbonyl (C=O) groups is 1. The molecule has 1 aliphatic carbocycles. The van der Waals surface area contributed by atoms with Crippen LogP contribution in [0.2, 0.25) is 0 Å². The van der Waals surface area contributed by atoms with Crippen LogP contribution in [0.4, 0.5) is 0 Å². The van der Waals surface area contributed by atoms with E-state index in [1.165, 1.54) is 0 Å². The van der Waals surface area contributed by atoms with Crippen molar-refractivity contribution in [3.05, 3.63) is 29.6 Å². The normalized spacial score (nSPS) is 19.9. The molecule has 0 bridgehead atoms. The van der Waals surface area contributed by atoms with E-state index in [4.69, 9.17) is 14.0 Å². The highest BCUT2D eigenvalue weighted by Crippen LogP contribution is 2.31. The van der Waals surface area contributed by atoms with Crippen molar-refractivity contribution in [2.45, 2.75) is 64.0 Å². The van der Waals surface area contributed by atoms with E-state index in [1.54, 1.807) is 6.20 Å². The maximum absolute atomic E-state index is 12.2. The molecular formula is C20H25BrN2O4. The molecule has 0 aliphatic heterocycles. The fourth-order valence-corrected chi connectivity index (χ4v) is 3.98.